The van der Waals surface area contributed by atoms with Gasteiger partial charge in [-0.25, -0.2) is 0 Å². The number of nitrogens with zero attached hydrogens (tertiary/aromatic N) is 2. The standard InChI is InChI=1S/C18H14Cl2N4O/c19-13-7-4-8-14(17(13)20)22-18(25)15-9-10-16(24-23-15)21-11-12-5-2-1-3-6-12/h1-10H,11H2,(H,21,24)(H,22,25). The van der Waals surface area contributed by atoms with Crippen molar-refractivity contribution in [2.45, 2.75) is 6.54 Å². The molecule has 3 aromatic rings. The van der Waals surface area contributed by atoms with E-state index in [1.807, 2.05) is 30.3 Å². The van der Waals surface area contributed by atoms with Crippen LogP contribution in [-0.4, -0.2) is 16.1 Å². The second-order valence-corrected chi connectivity index (χ2v) is 5.98. The monoisotopic (exact) mass is 372 g/mol. The van der Waals surface area contributed by atoms with E-state index in [2.05, 4.69) is 20.8 Å². The van der Waals surface area contributed by atoms with Gasteiger partial charge in [0, 0.05) is 6.54 Å². The number of nitrogens with one attached hydrogen (secondary N) is 2. The van der Waals surface area contributed by atoms with Crippen LogP contribution in [0.3, 0.4) is 0 Å². The van der Waals surface area contributed by atoms with Gasteiger partial charge in [0.05, 0.1) is 15.7 Å². The lowest BCUT2D eigenvalue weighted by Gasteiger charge is -2.08. The molecule has 1 amide bonds. The van der Waals surface area contributed by atoms with Gasteiger partial charge in [-0.2, -0.15) is 0 Å². The summed E-state index contributed by atoms with van der Waals surface area (Å²) >= 11 is 12.0. The van der Waals surface area contributed by atoms with Gasteiger partial charge in [0.15, 0.2) is 5.69 Å². The van der Waals surface area contributed by atoms with Crippen molar-refractivity contribution >= 4 is 40.6 Å². The number of benzene rings is 2. The lowest BCUT2D eigenvalue weighted by atomic mass is 10.2. The van der Waals surface area contributed by atoms with Gasteiger partial charge in [0.1, 0.15) is 5.82 Å². The van der Waals surface area contributed by atoms with Crippen molar-refractivity contribution < 1.29 is 4.79 Å². The molecule has 2 N–H and O–H groups in total. The van der Waals surface area contributed by atoms with E-state index in [1.54, 1.807) is 30.3 Å². The molecule has 0 aliphatic heterocycles. The number of hydrogen-bond donors (Lipinski definition) is 2. The van der Waals surface area contributed by atoms with Gasteiger partial charge < -0.3 is 10.6 Å². The van der Waals surface area contributed by atoms with Crippen LogP contribution in [0.15, 0.2) is 60.7 Å². The van der Waals surface area contributed by atoms with Crippen molar-refractivity contribution in [1.29, 1.82) is 0 Å². The third-order valence-electron chi connectivity index (χ3n) is 3.41. The van der Waals surface area contributed by atoms with E-state index in [4.69, 9.17) is 23.2 Å². The minimum atomic E-state index is -0.411. The summed E-state index contributed by atoms with van der Waals surface area (Å²) in [5.41, 5.74) is 1.73. The zero-order valence-electron chi connectivity index (χ0n) is 13.0. The summed E-state index contributed by atoms with van der Waals surface area (Å²) in [4.78, 5) is 12.2. The Morgan fingerprint density at radius 1 is 0.920 bits per heavy atom. The van der Waals surface area contributed by atoms with E-state index in [0.29, 0.717) is 23.1 Å². The topological polar surface area (TPSA) is 66.9 Å². The van der Waals surface area contributed by atoms with E-state index in [9.17, 15) is 4.79 Å². The first-order valence-electron chi connectivity index (χ1n) is 7.50. The molecule has 0 saturated heterocycles. The second kappa shape index (κ2) is 7.96. The van der Waals surface area contributed by atoms with Crippen molar-refractivity contribution in [1.82, 2.24) is 10.2 Å². The molecule has 0 spiro atoms. The summed E-state index contributed by atoms with van der Waals surface area (Å²) in [6, 6.07) is 18.2. The van der Waals surface area contributed by atoms with Gasteiger partial charge >= 0.3 is 0 Å². The third kappa shape index (κ3) is 4.47. The lowest BCUT2D eigenvalue weighted by Crippen LogP contribution is -2.15. The van der Waals surface area contributed by atoms with Crippen LogP contribution in [0.5, 0.6) is 0 Å². The van der Waals surface area contributed by atoms with E-state index in [-0.39, 0.29) is 10.7 Å². The largest absolute Gasteiger partial charge is 0.365 e. The summed E-state index contributed by atoms with van der Waals surface area (Å²) in [5, 5.41) is 14.4. The van der Waals surface area contributed by atoms with Crippen molar-refractivity contribution in [3.8, 4) is 0 Å². The summed E-state index contributed by atoms with van der Waals surface area (Å²) in [5.74, 6) is 0.174. The molecule has 0 saturated carbocycles. The Kier molecular flexibility index (Phi) is 5.48. The van der Waals surface area contributed by atoms with Crippen LogP contribution in [-0.2, 0) is 6.54 Å². The molecule has 0 bridgehead atoms. The third-order valence-corrected chi connectivity index (χ3v) is 4.23. The highest BCUT2D eigenvalue weighted by atomic mass is 35.5. The van der Waals surface area contributed by atoms with Crippen molar-refractivity contribution in [2.24, 2.45) is 0 Å². The fraction of sp³-hybridized carbons (Fsp3) is 0.0556. The van der Waals surface area contributed by atoms with Gasteiger partial charge in [0.2, 0.25) is 0 Å². The summed E-state index contributed by atoms with van der Waals surface area (Å²) in [6.45, 7) is 0.624. The summed E-state index contributed by atoms with van der Waals surface area (Å²) < 4.78 is 0. The first-order valence-corrected chi connectivity index (χ1v) is 8.26. The molecule has 0 aliphatic rings. The van der Waals surface area contributed by atoms with Crippen molar-refractivity contribution in [3.63, 3.8) is 0 Å². The lowest BCUT2D eigenvalue weighted by molar-refractivity contribution is 0.102. The Hall–Kier alpha value is -2.63. The minimum absolute atomic E-state index is 0.182. The Morgan fingerprint density at radius 2 is 1.72 bits per heavy atom. The molecular formula is C18H14Cl2N4O. The molecule has 3 rings (SSSR count). The average molecular weight is 373 g/mol. The van der Waals surface area contributed by atoms with Crippen molar-refractivity contribution in [2.75, 3.05) is 10.6 Å². The first-order chi connectivity index (χ1) is 12.1. The fourth-order valence-corrected chi connectivity index (χ4v) is 2.47. The number of carbonyl (C=O) groups excluding carboxylic acids is 1. The number of carbonyl (C=O) groups is 1. The smallest absolute Gasteiger partial charge is 0.276 e. The van der Waals surface area contributed by atoms with Crippen molar-refractivity contribution in [3.05, 3.63) is 82.0 Å². The van der Waals surface area contributed by atoms with Gasteiger partial charge in [-0.3, -0.25) is 4.79 Å². The summed E-state index contributed by atoms with van der Waals surface area (Å²) in [7, 11) is 0. The minimum Gasteiger partial charge on any atom is -0.365 e. The molecule has 7 heteroatoms. The van der Waals surface area contributed by atoms with E-state index in [0.717, 1.165) is 5.56 Å². The Bertz CT molecular complexity index is 870. The number of halogens is 2. The predicted molar refractivity (Wildman–Crippen MR) is 100 cm³/mol. The Labute approximate surface area is 155 Å². The number of aromatic nitrogens is 2. The van der Waals surface area contributed by atoms with Crippen LogP contribution >= 0.6 is 23.2 Å². The number of hydrogen-bond acceptors (Lipinski definition) is 4. The Balaban J connectivity index is 1.63. The molecule has 5 nitrogen and oxygen atoms in total. The zero-order chi connectivity index (χ0) is 17.6. The molecule has 2 aromatic carbocycles. The average Bonchev–Trinajstić information content (AvgIpc) is 2.65. The van der Waals surface area contributed by atoms with Gasteiger partial charge in [-0.1, -0.05) is 59.6 Å². The second-order valence-electron chi connectivity index (χ2n) is 5.20. The normalized spacial score (nSPS) is 10.3. The highest BCUT2D eigenvalue weighted by Gasteiger charge is 2.12. The molecule has 0 unspecified atom stereocenters. The quantitative estimate of drug-likeness (QED) is 0.683. The Morgan fingerprint density at radius 3 is 2.44 bits per heavy atom. The molecule has 0 atom stereocenters. The van der Waals surface area contributed by atoms with Crippen LogP contribution in [0.25, 0.3) is 0 Å². The number of anilines is 2. The van der Waals surface area contributed by atoms with Gasteiger partial charge in [-0.15, -0.1) is 10.2 Å². The molecule has 126 valence electrons. The SMILES string of the molecule is O=C(Nc1cccc(Cl)c1Cl)c1ccc(NCc2ccccc2)nn1. The highest BCUT2D eigenvalue weighted by Crippen LogP contribution is 2.29. The molecule has 0 aliphatic carbocycles. The van der Waals surface area contributed by atoms with E-state index >= 15 is 0 Å². The number of rotatable bonds is 5. The van der Waals surface area contributed by atoms with Crippen LogP contribution < -0.4 is 10.6 Å². The predicted octanol–water partition coefficient (Wildman–Crippen LogP) is 4.65. The summed E-state index contributed by atoms with van der Waals surface area (Å²) in [6.07, 6.45) is 0. The molecule has 1 heterocycles. The fourth-order valence-electron chi connectivity index (χ4n) is 2.12. The maximum atomic E-state index is 12.2. The van der Waals surface area contributed by atoms with Crippen LogP contribution in [0.2, 0.25) is 10.0 Å². The first kappa shape index (κ1) is 17.2. The maximum Gasteiger partial charge on any atom is 0.276 e. The van der Waals surface area contributed by atoms with Gasteiger partial charge in [0.25, 0.3) is 5.91 Å². The van der Waals surface area contributed by atoms with Gasteiger partial charge in [-0.05, 0) is 29.8 Å². The number of amides is 1. The van der Waals surface area contributed by atoms with E-state index < -0.39 is 5.91 Å². The van der Waals surface area contributed by atoms with E-state index in [1.165, 1.54) is 0 Å². The molecule has 1 aromatic heterocycles. The van der Waals surface area contributed by atoms with Crippen LogP contribution in [0, 0.1) is 0 Å². The zero-order valence-corrected chi connectivity index (χ0v) is 14.6. The molecule has 0 radical (unpaired) electrons. The maximum absolute atomic E-state index is 12.2. The molecular weight excluding hydrogens is 359 g/mol. The molecule has 25 heavy (non-hydrogen) atoms. The molecule has 0 fully saturated rings. The van der Waals surface area contributed by atoms with Crippen LogP contribution in [0.4, 0.5) is 11.5 Å². The van der Waals surface area contributed by atoms with Crippen LogP contribution in [0.1, 0.15) is 16.1 Å². The highest BCUT2D eigenvalue weighted by molar-refractivity contribution is 6.44.